The zero-order valence-electron chi connectivity index (χ0n) is 15.5. The second kappa shape index (κ2) is 6.64. The fraction of sp³-hybridized carbons (Fsp3) is 0.348. The molecule has 3 heteroatoms. The van der Waals surface area contributed by atoms with E-state index < -0.39 is 0 Å². The number of carbonyl (C=O) groups excluding carboxylic acids is 1. The van der Waals surface area contributed by atoms with Crippen molar-refractivity contribution in [3.63, 3.8) is 0 Å². The van der Waals surface area contributed by atoms with Crippen LogP contribution >= 0.6 is 0 Å². The maximum absolute atomic E-state index is 13.1. The first-order valence-electron chi connectivity index (χ1n) is 9.18. The van der Waals surface area contributed by atoms with Gasteiger partial charge < -0.3 is 9.47 Å². The van der Waals surface area contributed by atoms with Crippen LogP contribution in [0.25, 0.3) is 0 Å². The molecule has 26 heavy (non-hydrogen) atoms. The first-order valence-corrected chi connectivity index (χ1v) is 9.18. The first-order chi connectivity index (χ1) is 12.6. The van der Waals surface area contributed by atoms with Crippen molar-refractivity contribution >= 4 is 5.78 Å². The minimum absolute atomic E-state index is 0.149. The summed E-state index contributed by atoms with van der Waals surface area (Å²) in [5.41, 5.74) is 4.16. The molecule has 0 radical (unpaired) electrons. The molecule has 0 amide bonds. The lowest BCUT2D eigenvalue weighted by atomic mass is 9.64. The van der Waals surface area contributed by atoms with Crippen LogP contribution in [0.5, 0.6) is 11.5 Å². The van der Waals surface area contributed by atoms with Crippen LogP contribution < -0.4 is 9.47 Å². The Kier molecular flexibility index (Phi) is 4.31. The van der Waals surface area contributed by atoms with Gasteiger partial charge in [-0.05, 0) is 59.4 Å². The van der Waals surface area contributed by atoms with Crippen molar-refractivity contribution in [1.82, 2.24) is 0 Å². The molecule has 2 aromatic carbocycles. The molecule has 0 aromatic heterocycles. The van der Waals surface area contributed by atoms with E-state index >= 15 is 0 Å². The molecule has 4 rings (SSSR count). The SMILES string of the molecule is COc1cc2c(cc1OC)C(=O)C1=CCC(c3ccccc3)[C@H](C)[C@H]1C2. The maximum Gasteiger partial charge on any atom is 0.189 e. The average Bonchev–Trinajstić information content (AvgIpc) is 2.68. The summed E-state index contributed by atoms with van der Waals surface area (Å²) in [6, 6.07) is 14.5. The summed E-state index contributed by atoms with van der Waals surface area (Å²) in [4.78, 5) is 13.1. The Balaban J connectivity index is 1.73. The zero-order valence-corrected chi connectivity index (χ0v) is 15.5. The highest BCUT2D eigenvalue weighted by Gasteiger charge is 2.39. The molecule has 0 heterocycles. The number of rotatable bonds is 3. The van der Waals surface area contributed by atoms with Crippen LogP contribution in [-0.4, -0.2) is 20.0 Å². The highest BCUT2D eigenvalue weighted by molar-refractivity contribution is 6.11. The third-order valence-corrected chi connectivity index (χ3v) is 6.04. The minimum Gasteiger partial charge on any atom is -0.493 e. The standard InChI is InChI=1S/C23H24O3/c1-14-17(15-7-5-4-6-8-15)9-10-18-19(14)11-16-12-21(25-2)22(26-3)13-20(16)23(18)24/h4-8,10,12-14,17,19H,9,11H2,1-3H3/t14-,17?,19+/m0/s1. The van der Waals surface area contributed by atoms with E-state index in [1.54, 1.807) is 14.2 Å². The molecule has 2 aromatic rings. The normalized spacial score (nSPS) is 24.3. The van der Waals surface area contributed by atoms with E-state index in [0.29, 0.717) is 23.3 Å². The van der Waals surface area contributed by atoms with E-state index in [9.17, 15) is 4.79 Å². The lowest BCUT2D eigenvalue weighted by Gasteiger charge is -2.39. The Morgan fingerprint density at radius 2 is 1.65 bits per heavy atom. The third-order valence-electron chi connectivity index (χ3n) is 6.04. The van der Waals surface area contributed by atoms with Crippen LogP contribution in [0.2, 0.25) is 0 Å². The van der Waals surface area contributed by atoms with Gasteiger partial charge in [0.15, 0.2) is 17.3 Å². The average molecular weight is 348 g/mol. The minimum atomic E-state index is 0.149. The van der Waals surface area contributed by atoms with E-state index in [-0.39, 0.29) is 11.7 Å². The van der Waals surface area contributed by atoms with Crippen LogP contribution in [0.4, 0.5) is 0 Å². The number of hydrogen-bond acceptors (Lipinski definition) is 3. The highest BCUT2D eigenvalue weighted by atomic mass is 16.5. The number of methoxy groups -OCH3 is 2. The van der Waals surface area contributed by atoms with Gasteiger partial charge in [0.1, 0.15) is 0 Å². The van der Waals surface area contributed by atoms with Gasteiger partial charge in [0.05, 0.1) is 14.2 Å². The number of Topliss-reactive ketones (excluding diaryl/α,β-unsaturated/α-hetero) is 1. The molecule has 2 aliphatic carbocycles. The third kappa shape index (κ3) is 2.63. The molecule has 0 bridgehead atoms. The second-order valence-corrected chi connectivity index (χ2v) is 7.28. The molecule has 0 saturated heterocycles. The molecule has 0 fully saturated rings. The second-order valence-electron chi connectivity index (χ2n) is 7.28. The van der Waals surface area contributed by atoms with E-state index in [2.05, 4.69) is 43.3 Å². The Bertz CT molecular complexity index is 867. The van der Waals surface area contributed by atoms with Gasteiger partial charge in [0.2, 0.25) is 0 Å². The van der Waals surface area contributed by atoms with Gasteiger partial charge in [0.25, 0.3) is 0 Å². The van der Waals surface area contributed by atoms with Crippen LogP contribution in [0, 0.1) is 11.8 Å². The predicted octanol–water partition coefficient (Wildman–Crippen LogP) is 4.81. The molecule has 0 aliphatic heterocycles. The number of allylic oxidation sites excluding steroid dienone is 2. The summed E-state index contributed by atoms with van der Waals surface area (Å²) in [7, 11) is 3.24. The van der Waals surface area contributed by atoms with E-state index in [1.807, 2.05) is 12.1 Å². The molecule has 0 spiro atoms. The molecular formula is C23H24O3. The van der Waals surface area contributed by atoms with Crippen molar-refractivity contribution in [2.75, 3.05) is 14.2 Å². The van der Waals surface area contributed by atoms with E-state index in [4.69, 9.17) is 9.47 Å². The molecule has 1 unspecified atom stereocenters. The Morgan fingerprint density at radius 3 is 2.35 bits per heavy atom. The molecule has 0 saturated carbocycles. The highest BCUT2D eigenvalue weighted by Crippen LogP contribution is 2.47. The van der Waals surface area contributed by atoms with Crippen LogP contribution in [0.1, 0.15) is 40.7 Å². The van der Waals surface area contributed by atoms with E-state index in [1.165, 1.54) is 5.56 Å². The topological polar surface area (TPSA) is 35.5 Å². The van der Waals surface area contributed by atoms with E-state index in [0.717, 1.165) is 29.5 Å². The summed E-state index contributed by atoms with van der Waals surface area (Å²) < 4.78 is 10.8. The van der Waals surface area contributed by atoms with Gasteiger partial charge in [-0.25, -0.2) is 0 Å². The van der Waals surface area contributed by atoms with Gasteiger partial charge in [-0.2, -0.15) is 0 Å². The predicted molar refractivity (Wildman–Crippen MR) is 102 cm³/mol. The quantitative estimate of drug-likeness (QED) is 0.798. The first kappa shape index (κ1) is 16.9. The van der Waals surface area contributed by atoms with Gasteiger partial charge in [0, 0.05) is 5.56 Å². The van der Waals surface area contributed by atoms with Gasteiger partial charge in [-0.1, -0.05) is 43.3 Å². The number of ketones is 1. The molecule has 134 valence electrons. The van der Waals surface area contributed by atoms with Gasteiger partial charge >= 0.3 is 0 Å². The molecule has 0 N–H and O–H groups in total. The van der Waals surface area contributed by atoms with Crippen molar-refractivity contribution in [3.05, 3.63) is 70.8 Å². The Labute approximate surface area is 154 Å². The lowest BCUT2D eigenvalue weighted by molar-refractivity contribution is 0.0992. The fourth-order valence-electron chi connectivity index (χ4n) is 4.57. The van der Waals surface area contributed by atoms with Crippen LogP contribution in [0.15, 0.2) is 54.1 Å². The zero-order chi connectivity index (χ0) is 18.3. The Morgan fingerprint density at radius 1 is 0.962 bits per heavy atom. The summed E-state index contributed by atoms with van der Waals surface area (Å²) in [6.45, 7) is 2.29. The van der Waals surface area contributed by atoms with Crippen LogP contribution in [0.3, 0.4) is 0 Å². The monoisotopic (exact) mass is 348 g/mol. The van der Waals surface area contributed by atoms with Crippen molar-refractivity contribution in [2.45, 2.75) is 25.7 Å². The molecule has 3 nitrogen and oxygen atoms in total. The number of hydrogen-bond donors (Lipinski definition) is 0. The maximum atomic E-state index is 13.1. The van der Waals surface area contributed by atoms with Gasteiger partial charge in [-0.15, -0.1) is 0 Å². The summed E-state index contributed by atoms with van der Waals surface area (Å²) in [6.07, 6.45) is 3.97. The molecular weight excluding hydrogens is 324 g/mol. The number of ether oxygens (including phenoxy) is 2. The van der Waals surface area contributed by atoms with Crippen molar-refractivity contribution in [2.24, 2.45) is 11.8 Å². The van der Waals surface area contributed by atoms with Crippen molar-refractivity contribution < 1.29 is 14.3 Å². The Hall–Kier alpha value is -2.55. The molecule has 2 aliphatic rings. The summed E-state index contributed by atoms with van der Waals surface area (Å²) in [5.74, 6) is 2.59. The largest absolute Gasteiger partial charge is 0.493 e. The number of carbonyl (C=O) groups is 1. The van der Waals surface area contributed by atoms with Crippen LogP contribution in [-0.2, 0) is 6.42 Å². The van der Waals surface area contributed by atoms with Crippen molar-refractivity contribution in [1.29, 1.82) is 0 Å². The van der Waals surface area contributed by atoms with Crippen molar-refractivity contribution in [3.8, 4) is 11.5 Å². The lowest BCUT2D eigenvalue weighted by Crippen LogP contribution is -2.34. The smallest absolute Gasteiger partial charge is 0.189 e. The number of fused-ring (bicyclic) bond motifs is 2. The van der Waals surface area contributed by atoms with Gasteiger partial charge in [-0.3, -0.25) is 4.79 Å². The fourth-order valence-corrected chi connectivity index (χ4v) is 4.57. The molecule has 3 atom stereocenters. The summed E-state index contributed by atoms with van der Waals surface area (Å²) >= 11 is 0. The summed E-state index contributed by atoms with van der Waals surface area (Å²) in [5, 5.41) is 0. The number of benzene rings is 2.